The standard InChI is InChI=1S/C20H14N6O3/c21-8-12-2-1-3-13(6-12)9-22-15-4-5-17-16(7-15)18(27)25-20(24-17)26-11-14(10-23-26)19(28)29/h1-7,10-11,22H,9H2,(H,28,29)(H,24,25,27). The summed E-state index contributed by atoms with van der Waals surface area (Å²) in [5.74, 6) is -0.987. The van der Waals surface area contributed by atoms with Crippen LogP contribution < -0.4 is 10.9 Å². The summed E-state index contributed by atoms with van der Waals surface area (Å²) in [4.78, 5) is 30.5. The highest BCUT2D eigenvalue weighted by Gasteiger charge is 2.11. The molecule has 0 bridgehead atoms. The third-order valence-electron chi connectivity index (χ3n) is 4.29. The monoisotopic (exact) mass is 386 g/mol. The lowest BCUT2D eigenvalue weighted by molar-refractivity contribution is 0.0697. The average Bonchev–Trinajstić information content (AvgIpc) is 3.23. The average molecular weight is 386 g/mol. The highest BCUT2D eigenvalue weighted by molar-refractivity contribution is 5.87. The summed E-state index contributed by atoms with van der Waals surface area (Å²) in [5.41, 5.74) is 2.33. The number of carboxylic acid groups (broad SMARTS) is 1. The fourth-order valence-corrected chi connectivity index (χ4v) is 2.85. The number of benzene rings is 2. The summed E-state index contributed by atoms with van der Waals surface area (Å²) in [5, 5.41) is 25.5. The van der Waals surface area contributed by atoms with Gasteiger partial charge in [-0.05, 0) is 35.9 Å². The number of nitriles is 1. The van der Waals surface area contributed by atoms with E-state index in [0.29, 0.717) is 23.0 Å². The maximum atomic E-state index is 12.5. The van der Waals surface area contributed by atoms with Gasteiger partial charge in [0.05, 0.1) is 34.3 Å². The largest absolute Gasteiger partial charge is 0.478 e. The Morgan fingerprint density at radius 2 is 2.14 bits per heavy atom. The van der Waals surface area contributed by atoms with Crippen molar-refractivity contribution in [1.82, 2.24) is 19.7 Å². The quantitative estimate of drug-likeness (QED) is 0.478. The lowest BCUT2D eigenvalue weighted by atomic mass is 10.1. The Kier molecular flexibility index (Phi) is 4.50. The molecule has 0 aliphatic rings. The van der Waals surface area contributed by atoms with Crippen LogP contribution in [0.25, 0.3) is 16.9 Å². The van der Waals surface area contributed by atoms with E-state index in [-0.39, 0.29) is 17.1 Å². The van der Waals surface area contributed by atoms with E-state index in [1.165, 1.54) is 17.1 Å². The second-order valence-corrected chi connectivity index (χ2v) is 6.27. The van der Waals surface area contributed by atoms with Gasteiger partial charge in [-0.15, -0.1) is 0 Å². The molecule has 142 valence electrons. The van der Waals surface area contributed by atoms with Crippen LogP contribution in [0.2, 0.25) is 0 Å². The molecule has 4 aromatic rings. The van der Waals surface area contributed by atoms with Crippen LogP contribution in [-0.2, 0) is 6.54 Å². The fraction of sp³-hybridized carbons (Fsp3) is 0.0500. The van der Waals surface area contributed by atoms with E-state index in [1.54, 1.807) is 30.3 Å². The first-order valence-electron chi connectivity index (χ1n) is 8.59. The third-order valence-corrected chi connectivity index (χ3v) is 4.29. The first kappa shape index (κ1) is 17.9. The van der Waals surface area contributed by atoms with Gasteiger partial charge in [-0.1, -0.05) is 12.1 Å². The van der Waals surface area contributed by atoms with Gasteiger partial charge in [0.15, 0.2) is 0 Å². The molecular weight excluding hydrogens is 372 g/mol. The summed E-state index contributed by atoms with van der Waals surface area (Å²) in [6, 6.07) is 14.5. The molecule has 0 amide bonds. The topological polar surface area (TPSA) is 137 Å². The van der Waals surface area contributed by atoms with Crippen molar-refractivity contribution >= 4 is 22.6 Å². The van der Waals surface area contributed by atoms with E-state index in [4.69, 9.17) is 10.4 Å². The number of anilines is 1. The zero-order chi connectivity index (χ0) is 20.4. The van der Waals surface area contributed by atoms with Crippen molar-refractivity contribution in [2.75, 3.05) is 5.32 Å². The Hall–Kier alpha value is -4.45. The van der Waals surface area contributed by atoms with Crippen molar-refractivity contribution < 1.29 is 9.90 Å². The number of aromatic nitrogens is 4. The van der Waals surface area contributed by atoms with E-state index < -0.39 is 5.97 Å². The van der Waals surface area contributed by atoms with Gasteiger partial charge in [-0.2, -0.15) is 10.4 Å². The summed E-state index contributed by atoms with van der Waals surface area (Å²) in [6.07, 6.45) is 2.46. The van der Waals surface area contributed by atoms with E-state index >= 15 is 0 Å². The predicted octanol–water partition coefficient (Wildman–Crippen LogP) is 2.29. The minimum atomic E-state index is -1.12. The van der Waals surface area contributed by atoms with E-state index in [9.17, 15) is 9.59 Å². The summed E-state index contributed by atoms with van der Waals surface area (Å²) >= 11 is 0. The van der Waals surface area contributed by atoms with E-state index in [2.05, 4.69) is 26.5 Å². The van der Waals surface area contributed by atoms with E-state index in [0.717, 1.165) is 11.3 Å². The zero-order valence-electron chi connectivity index (χ0n) is 15.0. The molecule has 0 unspecified atom stereocenters. The van der Waals surface area contributed by atoms with Gasteiger partial charge in [0.2, 0.25) is 5.95 Å². The van der Waals surface area contributed by atoms with Crippen LogP contribution in [0.3, 0.4) is 0 Å². The van der Waals surface area contributed by atoms with Crippen LogP contribution in [-0.4, -0.2) is 30.8 Å². The minimum Gasteiger partial charge on any atom is -0.478 e. The molecule has 0 radical (unpaired) electrons. The molecular formula is C20H14N6O3. The molecule has 0 spiro atoms. The van der Waals surface area contributed by atoms with E-state index in [1.807, 2.05) is 12.1 Å². The molecule has 0 saturated carbocycles. The van der Waals surface area contributed by atoms with Crippen LogP contribution >= 0.6 is 0 Å². The molecule has 0 saturated heterocycles. The maximum Gasteiger partial charge on any atom is 0.338 e. The fourth-order valence-electron chi connectivity index (χ4n) is 2.85. The van der Waals surface area contributed by atoms with Crippen molar-refractivity contribution in [1.29, 1.82) is 5.26 Å². The van der Waals surface area contributed by atoms with Gasteiger partial charge in [0.1, 0.15) is 0 Å². The minimum absolute atomic E-state index is 0.00670. The highest BCUT2D eigenvalue weighted by atomic mass is 16.4. The smallest absolute Gasteiger partial charge is 0.338 e. The number of nitrogens with one attached hydrogen (secondary N) is 2. The number of fused-ring (bicyclic) bond motifs is 1. The van der Waals surface area contributed by atoms with Gasteiger partial charge >= 0.3 is 5.97 Å². The Labute approximate surface area is 163 Å². The lowest BCUT2D eigenvalue weighted by Crippen LogP contribution is -2.14. The normalized spacial score (nSPS) is 10.6. The van der Waals surface area contributed by atoms with Crippen LogP contribution in [0.15, 0.2) is 59.7 Å². The molecule has 0 aliphatic heterocycles. The summed E-state index contributed by atoms with van der Waals surface area (Å²) in [7, 11) is 0. The van der Waals surface area contributed by atoms with Crippen LogP contribution in [0.4, 0.5) is 5.69 Å². The number of carbonyl (C=O) groups is 1. The van der Waals surface area contributed by atoms with Crippen molar-refractivity contribution in [3.05, 3.63) is 81.9 Å². The molecule has 0 aliphatic carbocycles. The molecule has 9 nitrogen and oxygen atoms in total. The Morgan fingerprint density at radius 3 is 2.90 bits per heavy atom. The second-order valence-electron chi connectivity index (χ2n) is 6.27. The number of hydrogen-bond acceptors (Lipinski definition) is 6. The van der Waals surface area contributed by atoms with Gasteiger partial charge in [-0.3, -0.25) is 9.78 Å². The third kappa shape index (κ3) is 3.68. The predicted molar refractivity (Wildman–Crippen MR) is 105 cm³/mol. The van der Waals surface area contributed by atoms with Gasteiger partial charge in [-0.25, -0.2) is 14.5 Å². The molecule has 29 heavy (non-hydrogen) atoms. The van der Waals surface area contributed by atoms with Crippen LogP contribution in [0.5, 0.6) is 0 Å². The van der Waals surface area contributed by atoms with Crippen molar-refractivity contribution in [3.8, 4) is 12.0 Å². The summed E-state index contributed by atoms with van der Waals surface area (Å²) < 4.78 is 1.21. The number of hydrogen-bond donors (Lipinski definition) is 3. The molecule has 4 rings (SSSR count). The number of aromatic amines is 1. The molecule has 9 heteroatoms. The maximum absolute atomic E-state index is 12.5. The Balaban J connectivity index is 1.61. The van der Waals surface area contributed by atoms with Crippen LogP contribution in [0, 0.1) is 11.3 Å². The Morgan fingerprint density at radius 1 is 1.28 bits per heavy atom. The van der Waals surface area contributed by atoms with Crippen molar-refractivity contribution in [3.63, 3.8) is 0 Å². The zero-order valence-corrected chi connectivity index (χ0v) is 15.0. The van der Waals surface area contributed by atoms with Crippen molar-refractivity contribution in [2.24, 2.45) is 0 Å². The number of aromatic carboxylic acids is 1. The molecule has 0 fully saturated rings. The number of carboxylic acids is 1. The number of rotatable bonds is 5. The highest BCUT2D eigenvalue weighted by Crippen LogP contribution is 2.17. The molecule has 3 N–H and O–H groups in total. The molecule has 0 atom stereocenters. The van der Waals surface area contributed by atoms with Crippen molar-refractivity contribution in [2.45, 2.75) is 6.54 Å². The second kappa shape index (κ2) is 7.28. The van der Waals surface area contributed by atoms with Crippen LogP contribution in [0.1, 0.15) is 21.5 Å². The first-order valence-corrected chi connectivity index (χ1v) is 8.59. The first-order chi connectivity index (χ1) is 14.0. The van der Waals surface area contributed by atoms with Gasteiger partial charge in [0, 0.05) is 18.4 Å². The summed E-state index contributed by atoms with van der Waals surface area (Å²) in [6.45, 7) is 0.496. The Bertz CT molecular complexity index is 1330. The molecule has 2 aromatic carbocycles. The van der Waals surface area contributed by atoms with Gasteiger partial charge in [0.25, 0.3) is 5.56 Å². The number of H-pyrrole nitrogens is 1. The molecule has 2 aromatic heterocycles. The SMILES string of the molecule is N#Cc1cccc(CNc2ccc3nc(-n4cc(C(=O)O)cn4)[nH]c(=O)c3c2)c1. The van der Waals surface area contributed by atoms with Gasteiger partial charge < -0.3 is 10.4 Å². The molecule has 2 heterocycles. The lowest BCUT2D eigenvalue weighted by Gasteiger charge is -2.08. The number of nitrogens with zero attached hydrogens (tertiary/aromatic N) is 4.